The molecule has 0 aliphatic carbocycles. The second kappa shape index (κ2) is 7.59. The van der Waals surface area contributed by atoms with E-state index >= 15 is 0 Å². The standard InChI is InChI=1S/C16H28N2O5/c1-16(2,3)23-14(20)10-22-12-4-6-18(7-5-12)15(21)13-8-11(19)9-17-13/h11-13,17,19H,4-10H2,1-3H3/t11?,13-/m1/s1. The van der Waals surface area contributed by atoms with Crippen molar-refractivity contribution in [1.29, 1.82) is 0 Å². The van der Waals surface area contributed by atoms with Crippen molar-refractivity contribution in [2.24, 2.45) is 0 Å². The van der Waals surface area contributed by atoms with Gasteiger partial charge in [0.25, 0.3) is 0 Å². The van der Waals surface area contributed by atoms with Gasteiger partial charge in [0.05, 0.1) is 18.2 Å². The van der Waals surface area contributed by atoms with Crippen molar-refractivity contribution in [2.75, 3.05) is 26.2 Å². The first-order chi connectivity index (χ1) is 10.7. The maximum Gasteiger partial charge on any atom is 0.332 e. The number of rotatable bonds is 4. The first-order valence-electron chi connectivity index (χ1n) is 8.28. The number of esters is 1. The maximum absolute atomic E-state index is 12.3. The summed E-state index contributed by atoms with van der Waals surface area (Å²) in [6, 6.07) is -0.274. The fraction of sp³-hybridized carbons (Fsp3) is 0.875. The van der Waals surface area contributed by atoms with Crippen molar-refractivity contribution >= 4 is 11.9 Å². The molecule has 0 aromatic carbocycles. The minimum atomic E-state index is -0.505. The molecular formula is C16H28N2O5. The van der Waals surface area contributed by atoms with Crippen LogP contribution in [-0.2, 0) is 19.1 Å². The zero-order valence-electron chi connectivity index (χ0n) is 14.2. The number of ether oxygens (including phenoxy) is 2. The molecule has 1 amide bonds. The van der Waals surface area contributed by atoms with Crippen LogP contribution in [0.4, 0.5) is 0 Å². The van der Waals surface area contributed by atoms with Crippen LogP contribution in [0.3, 0.4) is 0 Å². The average molecular weight is 328 g/mol. The molecule has 2 heterocycles. The molecule has 2 fully saturated rings. The highest BCUT2D eigenvalue weighted by Gasteiger charge is 2.33. The second-order valence-corrected chi connectivity index (χ2v) is 7.27. The number of carbonyl (C=O) groups is 2. The lowest BCUT2D eigenvalue weighted by Crippen LogP contribution is -2.48. The van der Waals surface area contributed by atoms with E-state index in [0.29, 0.717) is 38.9 Å². The number of nitrogens with zero attached hydrogens (tertiary/aromatic N) is 1. The van der Waals surface area contributed by atoms with E-state index in [1.54, 1.807) is 0 Å². The number of nitrogens with one attached hydrogen (secondary N) is 1. The van der Waals surface area contributed by atoms with Crippen molar-refractivity contribution in [2.45, 2.75) is 63.9 Å². The molecule has 0 aromatic heterocycles. The van der Waals surface area contributed by atoms with Gasteiger partial charge < -0.3 is 24.8 Å². The highest BCUT2D eigenvalue weighted by atomic mass is 16.6. The summed E-state index contributed by atoms with van der Waals surface area (Å²) in [5.41, 5.74) is -0.505. The third-order valence-corrected chi connectivity index (χ3v) is 4.02. The highest BCUT2D eigenvalue weighted by Crippen LogP contribution is 2.17. The van der Waals surface area contributed by atoms with E-state index in [2.05, 4.69) is 5.32 Å². The van der Waals surface area contributed by atoms with Crippen LogP contribution >= 0.6 is 0 Å². The van der Waals surface area contributed by atoms with Gasteiger partial charge in [-0.1, -0.05) is 0 Å². The Bertz CT molecular complexity index is 427. The summed E-state index contributed by atoms with van der Waals surface area (Å²) in [7, 11) is 0. The molecule has 0 saturated carbocycles. The molecule has 0 bridgehead atoms. The van der Waals surface area contributed by atoms with E-state index in [-0.39, 0.29) is 30.6 Å². The molecule has 2 saturated heterocycles. The normalized spacial score (nSPS) is 26.3. The van der Waals surface area contributed by atoms with E-state index in [1.165, 1.54) is 0 Å². The van der Waals surface area contributed by atoms with Gasteiger partial charge in [-0.15, -0.1) is 0 Å². The van der Waals surface area contributed by atoms with Gasteiger partial charge in [0.1, 0.15) is 12.2 Å². The Hall–Kier alpha value is -1.18. The number of aliphatic hydroxyl groups excluding tert-OH is 1. The predicted octanol–water partition coefficient (Wildman–Crippen LogP) is 0.0585. The van der Waals surface area contributed by atoms with Crippen molar-refractivity contribution < 1.29 is 24.2 Å². The Labute approximate surface area is 137 Å². The summed E-state index contributed by atoms with van der Waals surface area (Å²) in [6.45, 7) is 7.13. The highest BCUT2D eigenvalue weighted by molar-refractivity contribution is 5.82. The van der Waals surface area contributed by atoms with Gasteiger partial charge in [-0.05, 0) is 40.0 Å². The van der Waals surface area contributed by atoms with Gasteiger partial charge in [0, 0.05) is 19.6 Å². The van der Waals surface area contributed by atoms with Crippen LogP contribution in [0, 0.1) is 0 Å². The van der Waals surface area contributed by atoms with Crippen molar-refractivity contribution in [3.05, 3.63) is 0 Å². The molecule has 7 heteroatoms. The number of piperidine rings is 1. The van der Waals surface area contributed by atoms with Crippen molar-refractivity contribution in [3.8, 4) is 0 Å². The van der Waals surface area contributed by atoms with Gasteiger partial charge in [0.2, 0.25) is 5.91 Å². The molecule has 132 valence electrons. The first-order valence-corrected chi connectivity index (χ1v) is 8.28. The molecule has 2 rings (SSSR count). The summed E-state index contributed by atoms with van der Waals surface area (Å²) in [5.74, 6) is -0.313. The number of amides is 1. The molecule has 2 aliphatic heterocycles. The van der Waals surface area contributed by atoms with E-state index in [9.17, 15) is 14.7 Å². The fourth-order valence-electron chi connectivity index (χ4n) is 2.93. The van der Waals surface area contributed by atoms with Gasteiger partial charge in [0.15, 0.2) is 0 Å². The molecule has 0 spiro atoms. The number of hydrogen-bond donors (Lipinski definition) is 2. The lowest BCUT2D eigenvalue weighted by molar-refractivity contribution is -0.163. The van der Waals surface area contributed by atoms with Crippen LogP contribution in [0.5, 0.6) is 0 Å². The third-order valence-electron chi connectivity index (χ3n) is 4.02. The number of hydrogen-bond acceptors (Lipinski definition) is 6. The van der Waals surface area contributed by atoms with Crippen LogP contribution < -0.4 is 5.32 Å². The Morgan fingerprint density at radius 2 is 1.91 bits per heavy atom. The van der Waals surface area contributed by atoms with E-state index in [4.69, 9.17) is 9.47 Å². The van der Waals surface area contributed by atoms with E-state index < -0.39 is 11.7 Å². The monoisotopic (exact) mass is 328 g/mol. The molecule has 1 unspecified atom stereocenters. The summed E-state index contributed by atoms with van der Waals surface area (Å²) in [4.78, 5) is 25.8. The van der Waals surface area contributed by atoms with Crippen LogP contribution in [-0.4, -0.2) is 72.0 Å². The Balaban J connectivity index is 1.68. The number of aliphatic hydroxyl groups is 1. The second-order valence-electron chi connectivity index (χ2n) is 7.27. The fourth-order valence-corrected chi connectivity index (χ4v) is 2.93. The number of carbonyl (C=O) groups excluding carboxylic acids is 2. The molecular weight excluding hydrogens is 300 g/mol. The number of likely N-dealkylation sites (tertiary alicyclic amines) is 1. The van der Waals surface area contributed by atoms with Gasteiger partial charge in [-0.25, -0.2) is 4.79 Å². The lowest BCUT2D eigenvalue weighted by atomic mass is 10.1. The maximum atomic E-state index is 12.3. The number of β-amino-alcohol motifs (C(OH)–C–C–N with tert-alkyl or cyclic N) is 1. The Morgan fingerprint density at radius 1 is 1.26 bits per heavy atom. The van der Waals surface area contributed by atoms with Crippen molar-refractivity contribution in [1.82, 2.24) is 10.2 Å². The molecule has 0 radical (unpaired) electrons. The Kier molecular flexibility index (Phi) is 6.00. The average Bonchev–Trinajstić information content (AvgIpc) is 2.90. The summed E-state index contributed by atoms with van der Waals surface area (Å²) in [6.07, 6.45) is 1.45. The molecule has 2 N–H and O–H groups in total. The molecule has 0 aromatic rings. The smallest absolute Gasteiger partial charge is 0.332 e. The minimum absolute atomic E-state index is 0.0197. The SMILES string of the molecule is CC(C)(C)OC(=O)COC1CCN(C(=O)[C@H]2CC(O)CN2)CC1. The largest absolute Gasteiger partial charge is 0.458 e. The topological polar surface area (TPSA) is 88.1 Å². The van der Waals surface area contributed by atoms with Gasteiger partial charge in [-0.3, -0.25) is 4.79 Å². The molecule has 2 aliphatic rings. The Morgan fingerprint density at radius 3 is 2.43 bits per heavy atom. The van der Waals surface area contributed by atoms with Crippen LogP contribution in [0.1, 0.15) is 40.0 Å². The van der Waals surface area contributed by atoms with Crippen LogP contribution in [0.15, 0.2) is 0 Å². The summed E-state index contributed by atoms with van der Waals surface area (Å²) < 4.78 is 10.8. The first kappa shape index (κ1) is 18.2. The third kappa shape index (κ3) is 5.75. The lowest BCUT2D eigenvalue weighted by Gasteiger charge is -2.33. The molecule has 23 heavy (non-hydrogen) atoms. The van der Waals surface area contributed by atoms with E-state index in [0.717, 1.165) is 0 Å². The van der Waals surface area contributed by atoms with Gasteiger partial charge >= 0.3 is 5.97 Å². The molecule has 2 atom stereocenters. The predicted molar refractivity (Wildman–Crippen MR) is 83.8 cm³/mol. The van der Waals surface area contributed by atoms with E-state index in [1.807, 2.05) is 25.7 Å². The minimum Gasteiger partial charge on any atom is -0.458 e. The summed E-state index contributed by atoms with van der Waals surface area (Å²) >= 11 is 0. The van der Waals surface area contributed by atoms with Gasteiger partial charge in [-0.2, -0.15) is 0 Å². The molecule has 7 nitrogen and oxygen atoms in total. The van der Waals surface area contributed by atoms with Crippen molar-refractivity contribution in [3.63, 3.8) is 0 Å². The zero-order chi connectivity index (χ0) is 17.0. The van der Waals surface area contributed by atoms with Crippen LogP contribution in [0.25, 0.3) is 0 Å². The summed E-state index contributed by atoms with van der Waals surface area (Å²) in [5, 5.41) is 12.5. The van der Waals surface area contributed by atoms with Crippen LogP contribution in [0.2, 0.25) is 0 Å². The zero-order valence-corrected chi connectivity index (χ0v) is 14.2. The quantitative estimate of drug-likeness (QED) is 0.710.